The van der Waals surface area contributed by atoms with Crippen LogP contribution in [0.4, 0.5) is 0 Å². The summed E-state index contributed by atoms with van der Waals surface area (Å²) in [7, 11) is 0. The minimum atomic E-state index is 0.00791. The van der Waals surface area contributed by atoms with Crippen molar-refractivity contribution >= 4 is 0 Å². The summed E-state index contributed by atoms with van der Waals surface area (Å²) in [5.41, 5.74) is 0.939. The molecule has 0 spiro atoms. The number of aromatic hydroxyl groups is 1. The van der Waals surface area contributed by atoms with Crippen LogP contribution < -0.4 is 4.74 Å². The van der Waals surface area contributed by atoms with E-state index in [1.807, 2.05) is 6.07 Å². The zero-order valence-electron chi connectivity index (χ0n) is 12.6. The summed E-state index contributed by atoms with van der Waals surface area (Å²) >= 11 is 0. The summed E-state index contributed by atoms with van der Waals surface area (Å²) < 4.78 is 5.36. The highest BCUT2D eigenvalue weighted by molar-refractivity contribution is 5.39. The number of aliphatic hydroxyl groups is 1. The molecule has 0 aromatic heterocycles. The monoisotopic (exact) mass is 280 g/mol. The van der Waals surface area contributed by atoms with Crippen LogP contribution in [0.1, 0.15) is 57.4 Å². The van der Waals surface area contributed by atoms with E-state index in [-0.39, 0.29) is 6.61 Å². The Kier molecular flexibility index (Phi) is 8.88. The van der Waals surface area contributed by atoms with Gasteiger partial charge in [0.15, 0.2) is 0 Å². The first-order valence-corrected chi connectivity index (χ1v) is 7.83. The molecule has 3 heteroatoms. The fourth-order valence-corrected chi connectivity index (χ4v) is 2.29. The molecule has 0 unspecified atom stereocenters. The van der Waals surface area contributed by atoms with Crippen LogP contribution in [0, 0.1) is 0 Å². The highest BCUT2D eigenvalue weighted by Crippen LogP contribution is 2.25. The van der Waals surface area contributed by atoms with E-state index in [0.717, 1.165) is 24.2 Å². The van der Waals surface area contributed by atoms with Crippen molar-refractivity contribution in [2.45, 2.75) is 58.3 Å². The van der Waals surface area contributed by atoms with Gasteiger partial charge in [-0.25, -0.2) is 0 Å². The first kappa shape index (κ1) is 16.8. The molecule has 3 nitrogen and oxygen atoms in total. The number of phenolic OH excluding ortho intramolecular Hbond substituents is 1. The molecular formula is C17H28O3. The Labute approximate surface area is 122 Å². The molecule has 1 aromatic carbocycles. The molecule has 114 valence electrons. The van der Waals surface area contributed by atoms with Gasteiger partial charge in [-0.2, -0.15) is 0 Å². The molecule has 1 aromatic rings. The Bertz CT molecular complexity index is 363. The van der Waals surface area contributed by atoms with Crippen molar-refractivity contribution in [3.63, 3.8) is 0 Å². The standard InChI is InChI=1S/C17H28O3/c1-2-3-4-5-6-7-8-9-15-14-16(20-13-12-18)10-11-17(15)19/h10-11,14,18-19H,2-9,12-13H2,1H3. The fourth-order valence-electron chi connectivity index (χ4n) is 2.29. The maximum absolute atomic E-state index is 9.83. The molecule has 0 aliphatic carbocycles. The lowest BCUT2D eigenvalue weighted by Gasteiger charge is -2.09. The Hall–Kier alpha value is -1.22. The molecule has 0 heterocycles. The maximum atomic E-state index is 9.83. The van der Waals surface area contributed by atoms with Crippen molar-refractivity contribution in [2.24, 2.45) is 0 Å². The Morgan fingerprint density at radius 2 is 1.70 bits per heavy atom. The van der Waals surface area contributed by atoms with Crippen molar-refractivity contribution in [2.75, 3.05) is 13.2 Å². The molecule has 0 saturated heterocycles. The van der Waals surface area contributed by atoms with Gasteiger partial charge in [-0.05, 0) is 36.6 Å². The Balaban J connectivity index is 2.27. The molecule has 0 amide bonds. The van der Waals surface area contributed by atoms with Gasteiger partial charge in [-0.1, -0.05) is 45.4 Å². The average Bonchev–Trinajstić information content (AvgIpc) is 2.46. The van der Waals surface area contributed by atoms with Crippen LogP contribution in [0.15, 0.2) is 18.2 Å². The molecule has 2 N–H and O–H groups in total. The summed E-state index contributed by atoms with van der Waals surface area (Å²) in [5.74, 6) is 1.06. The Morgan fingerprint density at radius 3 is 2.40 bits per heavy atom. The zero-order valence-corrected chi connectivity index (χ0v) is 12.6. The number of ether oxygens (including phenoxy) is 1. The van der Waals surface area contributed by atoms with Crippen LogP contribution in [0.2, 0.25) is 0 Å². The highest BCUT2D eigenvalue weighted by Gasteiger charge is 2.04. The van der Waals surface area contributed by atoms with E-state index < -0.39 is 0 Å². The van der Waals surface area contributed by atoms with Crippen molar-refractivity contribution in [3.05, 3.63) is 23.8 Å². The lowest BCUT2D eigenvalue weighted by atomic mass is 10.0. The van der Waals surface area contributed by atoms with Crippen molar-refractivity contribution < 1.29 is 14.9 Å². The van der Waals surface area contributed by atoms with Crippen molar-refractivity contribution in [3.8, 4) is 11.5 Å². The largest absolute Gasteiger partial charge is 0.508 e. The predicted molar refractivity (Wildman–Crippen MR) is 82.4 cm³/mol. The zero-order chi connectivity index (χ0) is 14.6. The Morgan fingerprint density at radius 1 is 1.00 bits per heavy atom. The van der Waals surface area contributed by atoms with E-state index in [9.17, 15) is 5.11 Å². The van der Waals surface area contributed by atoms with Crippen LogP contribution in [-0.4, -0.2) is 23.4 Å². The van der Waals surface area contributed by atoms with E-state index in [4.69, 9.17) is 9.84 Å². The van der Waals surface area contributed by atoms with Gasteiger partial charge in [0.2, 0.25) is 0 Å². The van der Waals surface area contributed by atoms with Gasteiger partial charge in [0.25, 0.3) is 0 Å². The maximum Gasteiger partial charge on any atom is 0.119 e. The SMILES string of the molecule is CCCCCCCCCc1cc(OCCO)ccc1O. The van der Waals surface area contributed by atoms with Gasteiger partial charge >= 0.3 is 0 Å². The van der Waals surface area contributed by atoms with Crippen molar-refractivity contribution in [1.29, 1.82) is 0 Å². The van der Waals surface area contributed by atoms with Gasteiger partial charge in [0.1, 0.15) is 18.1 Å². The third kappa shape index (κ3) is 6.80. The topological polar surface area (TPSA) is 49.7 Å². The van der Waals surface area contributed by atoms with Gasteiger partial charge in [-0.3, -0.25) is 0 Å². The third-order valence-electron chi connectivity index (χ3n) is 3.46. The third-order valence-corrected chi connectivity index (χ3v) is 3.46. The quantitative estimate of drug-likeness (QED) is 0.601. The van der Waals surface area contributed by atoms with Gasteiger partial charge < -0.3 is 14.9 Å². The average molecular weight is 280 g/mol. The van der Waals surface area contributed by atoms with E-state index in [1.165, 1.54) is 38.5 Å². The first-order chi connectivity index (χ1) is 9.77. The normalized spacial score (nSPS) is 10.7. The molecule has 0 fully saturated rings. The number of unbranched alkanes of at least 4 members (excludes halogenated alkanes) is 6. The van der Waals surface area contributed by atoms with Crippen LogP contribution in [0.3, 0.4) is 0 Å². The summed E-state index contributed by atoms with van der Waals surface area (Å²) in [5, 5.41) is 18.6. The second-order valence-electron chi connectivity index (χ2n) is 5.23. The fraction of sp³-hybridized carbons (Fsp3) is 0.647. The van der Waals surface area contributed by atoms with Gasteiger partial charge in [-0.15, -0.1) is 0 Å². The molecule has 0 aliphatic heterocycles. The smallest absolute Gasteiger partial charge is 0.119 e. The number of hydrogen-bond acceptors (Lipinski definition) is 3. The minimum Gasteiger partial charge on any atom is -0.508 e. The second-order valence-corrected chi connectivity index (χ2v) is 5.23. The number of rotatable bonds is 11. The number of phenols is 1. The number of benzene rings is 1. The van der Waals surface area contributed by atoms with Crippen LogP contribution in [-0.2, 0) is 6.42 Å². The number of aryl methyl sites for hydroxylation is 1. The van der Waals surface area contributed by atoms with Crippen LogP contribution in [0.25, 0.3) is 0 Å². The molecule has 0 aliphatic rings. The lowest BCUT2D eigenvalue weighted by molar-refractivity contribution is 0.201. The van der Waals surface area contributed by atoms with Gasteiger partial charge in [0.05, 0.1) is 6.61 Å². The van der Waals surface area contributed by atoms with E-state index >= 15 is 0 Å². The minimum absolute atomic E-state index is 0.00791. The van der Waals surface area contributed by atoms with Crippen molar-refractivity contribution in [1.82, 2.24) is 0 Å². The molecular weight excluding hydrogens is 252 g/mol. The first-order valence-electron chi connectivity index (χ1n) is 7.83. The molecule has 0 radical (unpaired) electrons. The van der Waals surface area contributed by atoms with Crippen LogP contribution in [0.5, 0.6) is 11.5 Å². The van der Waals surface area contributed by atoms with E-state index in [2.05, 4.69) is 6.92 Å². The number of aliphatic hydroxyl groups excluding tert-OH is 1. The van der Waals surface area contributed by atoms with Gasteiger partial charge in [0, 0.05) is 0 Å². The molecule has 0 atom stereocenters. The summed E-state index contributed by atoms with van der Waals surface area (Å²) in [6, 6.07) is 5.28. The highest BCUT2D eigenvalue weighted by atomic mass is 16.5. The number of hydrogen-bond donors (Lipinski definition) is 2. The second kappa shape index (κ2) is 10.6. The predicted octanol–water partition coefficient (Wildman–Crippen LogP) is 4.06. The van der Waals surface area contributed by atoms with E-state index in [0.29, 0.717) is 12.4 Å². The summed E-state index contributed by atoms with van der Waals surface area (Å²) in [4.78, 5) is 0. The molecule has 20 heavy (non-hydrogen) atoms. The molecule has 1 rings (SSSR count). The molecule has 0 saturated carbocycles. The lowest BCUT2D eigenvalue weighted by Crippen LogP contribution is -2.01. The summed E-state index contributed by atoms with van der Waals surface area (Å²) in [6.45, 7) is 2.53. The van der Waals surface area contributed by atoms with Crippen LogP contribution >= 0.6 is 0 Å². The summed E-state index contributed by atoms with van der Waals surface area (Å²) in [6.07, 6.45) is 9.76. The van der Waals surface area contributed by atoms with E-state index in [1.54, 1.807) is 12.1 Å². The molecule has 0 bridgehead atoms.